The summed E-state index contributed by atoms with van der Waals surface area (Å²) in [7, 11) is 1.35. The van der Waals surface area contributed by atoms with Crippen LogP contribution in [-0.2, 0) is 11.8 Å². The van der Waals surface area contributed by atoms with Crippen LogP contribution in [-0.4, -0.2) is 29.0 Å². The summed E-state index contributed by atoms with van der Waals surface area (Å²) in [5, 5.41) is 20.5. The van der Waals surface area contributed by atoms with Gasteiger partial charge in [0.05, 0.1) is 18.7 Å². The summed E-state index contributed by atoms with van der Waals surface area (Å²) >= 11 is 0. The highest BCUT2D eigenvalue weighted by atomic mass is 19.4. The van der Waals surface area contributed by atoms with Gasteiger partial charge in [-0.2, -0.15) is 18.4 Å². The minimum Gasteiger partial charge on any atom is -0.496 e. The minimum atomic E-state index is -4.96. The van der Waals surface area contributed by atoms with E-state index in [4.69, 9.17) is 4.74 Å². The molecule has 1 heterocycles. The van der Waals surface area contributed by atoms with Crippen molar-refractivity contribution < 1.29 is 27.4 Å². The molecule has 0 aliphatic rings. The van der Waals surface area contributed by atoms with Crippen molar-refractivity contribution in [3.05, 3.63) is 65.1 Å². The third-order valence-electron chi connectivity index (χ3n) is 5.48. The number of alkyl halides is 3. The lowest BCUT2D eigenvalue weighted by Gasteiger charge is -2.38. The van der Waals surface area contributed by atoms with Gasteiger partial charge in [0, 0.05) is 28.6 Å². The molecule has 0 spiro atoms. The highest BCUT2D eigenvalue weighted by Crippen LogP contribution is 2.45. The van der Waals surface area contributed by atoms with Crippen molar-refractivity contribution >= 4 is 10.9 Å². The number of nitriles is 1. The van der Waals surface area contributed by atoms with E-state index in [0.29, 0.717) is 16.5 Å². The maximum absolute atomic E-state index is 14.1. The van der Waals surface area contributed by atoms with Crippen LogP contribution in [0, 0.1) is 17.1 Å². The average molecular weight is 434 g/mol. The zero-order valence-electron chi connectivity index (χ0n) is 17.3. The van der Waals surface area contributed by atoms with E-state index < -0.39 is 35.9 Å². The lowest BCUT2D eigenvalue weighted by Crippen LogP contribution is -2.51. The topological polar surface area (TPSA) is 69.0 Å². The average Bonchev–Trinajstić information content (AvgIpc) is 3.08. The van der Waals surface area contributed by atoms with E-state index in [2.05, 4.69) is 4.98 Å². The van der Waals surface area contributed by atoms with E-state index in [1.807, 2.05) is 6.07 Å². The minimum absolute atomic E-state index is 0.138. The zero-order valence-corrected chi connectivity index (χ0v) is 17.3. The lowest BCUT2D eigenvalue weighted by atomic mass is 9.73. The first-order valence-corrected chi connectivity index (χ1v) is 9.54. The van der Waals surface area contributed by atoms with Crippen molar-refractivity contribution in [2.24, 2.45) is 0 Å². The van der Waals surface area contributed by atoms with Crippen molar-refractivity contribution in [3.63, 3.8) is 0 Å². The number of hydrogen-bond acceptors (Lipinski definition) is 3. The Bertz CT molecular complexity index is 1140. The first-order valence-electron chi connectivity index (χ1n) is 9.54. The van der Waals surface area contributed by atoms with Gasteiger partial charge in [0.25, 0.3) is 0 Å². The van der Waals surface area contributed by atoms with Crippen LogP contribution in [0.15, 0.2) is 42.5 Å². The Kier molecular flexibility index (Phi) is 5.76. The Morgan fingerprint density at radius 3 is 2.45 bits per heavy atom. The number of rotatable bonds is 6. The maximum Gasteiger partial charge on any atom is 0.417 e. The van der Waals surface area contributed by atoms with Gasteiger partial charge in [0.1, 0.15) is 11.6 Å². The molecule has 8 heteroatoms. The number of nitrogens with one attached hydrogen (secondary N) is 1. The van der Waals surface area contributed by atoms with Gasteiger partial charge in [-0.05, 0) is 48.2 Å². The predicted octanol–water partition coefficient (Wildman–Crippen LogP) is 5.39. The maximum atomic E-state index is 14.1. The quantitative estimate of drug-likeness (QED) is 0.511. The number of benzene rings is 2. The molecule has 3 aromatic rings. The highest BCUT2D eigenvalue weighted by Gasteiger charge is 2.56. The molecule has 0 radical (unpaired) electrons. The van der Waals surface area contributed by atoms with Gasteiger partial charge in [-0.15, -0.1) is 0 Å². The summed E-state index contributed by atoms with van der Waals surface area (Å²) in [5.41, 5.74) is -3.20. The molecule has 0 aliphatic heterocycles. The third-order valence-corrected chi connectivity index (χ3v) is 5.48. The fraction of sp³-hybridized carbons (Fsp3) is 0.348. The summed E-state index contributed by atoms with van der Waals surface area (Å²) in [6.45, 7) is 3.00. The van der Waals surface area contributed by atoms with Gasteiger partial charge < -0.3 is 14.8 Å². The second-order valence-electron chi connectivity index (χ2n) is 8.28. The number of fused-ring (bicyclic) bond motifs is 1. The van der Waals surface area contributed by atoms with Crippen LogP contribution in [0.2, 0.25) is 0 Å². The largest absolute Gasteiger partial charge is 0.496 e. The van der Waals surface area contributed by atoms with Crippen LogP contribution in [0.1, 0.15) is 37.1 Å². The summed E-state index contributed by atoms with van der Waals surface area (Å²) in [5.74, 6) is -0.376. The number of methoxy groups -OCH3 is 1. The van der Waals surface area contributed by atoms with E-state index in [1.54, 1.807) is 18.2 Å². The number of nitrogens with zero attached hydrogens (tertiary/aromatic N) is 1. The smallest absolute Gasteiger partial charge is 0.417 e. The molecule has 3 rings (SSSR count). The summed E-state index contributed by atoms with van der Waals surface area (Å²) in [4.78, 5) is 2.86. The van der Waals surface area contributed by atoms with Crippen molar-refractivity contribution in [1.29, 1.82) is 5.26 Å². The molecule has 0 aliphatic carbocycles. The summed E-state index contributed by atoms with van der Waals surface area (Å²) in [6, 6.07) is 11.9. The standard InChI is InChI=1S/C23H22F4N2O2/c1-21(2,18-9-15(24)7-8-20(18)31-3)13-22(30,23(25,26)27)11-16-10-17-14(12-28)5-4-6-19(17)29-16/h4-10,29-30H,11,13H2,1-3H3. The first kappa shape index (κ1) is 22.6. The van der Waals surface area contributed by atoms with Crippen LogP contribution >= 0.6 is 0 Å². The molecule has 0 saturated carbocycles. The van der Waals surface area contributed by atoms with Crippen molar-refractivity contribution in [1.82, 2.24) is 4.98 Å². The van der Waals surface area contributed by atoms with Gasteiger partial charge >= 0.3 is 6.18 Å². The van der Waals surface area contributed by atoms with Gasteiger partial charge in [-0.25, -0.2) is 4.39 Å². The monoisotopic (exact) mass is 434 g/mol. The van der Waals surface area contributed by atoms with E-state index in [9.17, 15) is 27.9 Å². The molecule has 0 fully saturated rings. The molecular formula is C23H22F4N2O2. The first-order chi connectivity index (χ1) is 14.4. The van der Waals surface area contributed by atoms with Gasteiger partial charge in [-0.3, -0.25) is 0 Å². The number of H-pyrrole nitrogens is 1. The lowest BCUT2D eigenvalue weighted by molar-refractivity contribution is -0.266. The van der Waals surface area contributed by atoms with Crippen LogP contribution in [0.3, 0.4) is 0 Å². The summed E-state index contributed by atoms with van der Waals surface area (Å²) < 4.78 is 61.3. The molecule has 2 N–H and O–H groups in total. The number of ether oxygens (including phenoxy) is 1. The molecule has 2 aromatic carbocycles. The molecule has 1 unspecified atom stereocenters. The number of hydrogen-bond donors (Lipinski definition) is 2. The van der Waals surface area contributed by atoms with E-state index in [-0.39, 0.29) is 17.0 Å². The van der Waals surface area contributed by atoms with Gasteiger partial charge in [0.2, 0.25) is 0 Å². The van der Waals surface area contributed by atoms with Crippen LogP contribution in [0.4, 0.5) is 17.6 Å². The highest BCUT2D eigenvalue weighted by molar-refractivity contribution is 5.86. The van der Waals surface area contributed by atoms with Crippen LogP contribution in [0.5, 0.6) is 5.75 Å². The molecule has 4 nitrogen and oxygen atoms in total. The second kappa shape index (κ2) is 7.89. The Labute approximate surface area is 177 Å². The number of halogens is 4. The number of aromatic nitrogens is 1. The molecule has 1 atom stereocenters. The fourth-order valence-electron chi connectivity index (χ4n) is 4.02. The molecule has 31 heavy (non-hydrogen) atoms. The van der Waals surface area contributed by atoms with Crippen molar-refractivity contribution in [2.45, 2.75) is 43.9 Å². The number of aliphatic hydroxyl groups is 1. The van der Waals surface area contributed by atoms with Crippen molar-refractivity contribution in [2.75, 3.05) is 7.11 Å². The molecular weight excluding hydrogens is 412 g/mol. The van der Waals surface area contributed by atoms with Crippen molar-refractivity contribution in [3.8, 4) is 11.8 Å². The SMILES string of the molecule is COc1ccc(F)cc1C(C)(C)CC(O)(Cc1cc2c(C#N)cccc2[nH]1)C(F)(F)F. The third kappa shape index (κ3) is 4.37. The van der Waals surface area contributed by atoms with Crippen LogP contribution < -0.4 is 4.74 Å². The zero-order chi connectivity index (χ0) is 23.0. The molecule has 1 aromatic heterocycles. The molecule has 0 saturated heterocycles. The molecule has 0 amide bonds. The van der Waals surface area contributed by atoms with E-state index >= 15 is 0 Å². The van der Waals surface area contributed by atoms with E-state index in [1.165, 1.54) is 33.1 Å². The Morgan fingerprint density at radius 1 is 1.13 bits per heavy atom. The van der Waals surface area contributed by atoms with Gasteiger partial charge in [-0.1, -0.05) is 19.9 Å². The predicted molar refractivity (Wildman–Crippen MR) is 108 cm³/mol. The Hall–Kier alpha value is -3.05. The second-order valence-corrected chi connectivity index (χ2v) is 8.28. The molecule has 164 valence electrons. The van der Waals surface area contributed by atoms with Crippen LogP contribution in [0.25, 0.3) is 10.9 Å². The summed E-state index contributed by atoms with van der Waals surface area (Å²) in [6.07, 6.45) is -6.44. The van der Waals surface area contributed by atoms with E-state index in [0.717, 1.165) is 12.1 Å². The fourth-order valence-corrected chi connectivity index (χ4v) is 4.02. The number of aromatic amines is 1. The van der Waals surface area contributed by atoms with Gasteiger partial charge in [0.15, 0.2) is 5.60 Å². The normalized spacial score (nSPS) is 14.3. The Balaban J connectivity index is 2.02. The Morgan fingerprint density at radius 2 is 1.84 bits per heavy atom. The molecule has 0 bridgehead atoms.